The molecule has 0 saturated carbocycles. The molecule has 0 aliphatic carbocycles. The van der Waals surface area contributed by atoms with Crippen LogP contribution < -0.4 is 14.8 Å². The van der Waals surface area contributed by atoms with E-state index in [0.29, 0.717) is 11.3 Å². The highest BCUT2D eigenvalue weighted by atomic mass is 19.3. The molecule has 0 fully saturated rings. The van der Waals surface area contributed by atoms with Gasteiger partial charge in [-0.1, -0.05) is 5.16 Å². The van der Waals surface area contributed by atoms with Gasteiger partial charge in [0.25, 0.3) is 5.91 Å². The van der Waals surface area contributed by atoms with Gasteiger partial charge in [-0.25, -0.2) is 0 Å². The molecule has 0 bridgehead atoms. The first kappa shape index (κ1) is 20.0. The Hall–Kier alpha value is -3.30. The van der Waals surface area contributed by atoms with Crippen molar-refractivity contribution in [2.45, 2.75) is 13.2 Å². The van der Waals surface area contributed by atoms with Crippen LogP contribution in [0.4, 0.5) is 23.2 Å². The summed E-state index contributed by atoms with van der Waals surface area (Å²) in [5.74, 6) is -0.545. The first-order valence-electron chi connectivity index (χ1n) is 7.47. The molecule has 10 heteroatoms. The first-order valence-corrected chi connectivity index (χ1v) is 7.47. The van der Waals surface area contributed by atoms with Crippen molar-refractivity contribution in [1.29, 1.82) is 0 Å². The van der Waals surface area contributed by atoms with Crippen LogP contribution in [0, 0.1) is 0 Å². The van der Waals surface area contributed by atoms with E-state index in [9.17, 15) is 22.4 Å². The zero-order valence-electron chi connectivity index (χ0n) is 13.7. The van der Waals surface area contributed by atoms with Gasteiger partial charge in [-0.15, -0.1) is 0 Å². The van der Waals surface area contributed by atoms with Gasteiger partial charge in [0, 0.05) is 5.69 Å². The molecular weight excluding hydrogens is 372 g/mol. The Labute approximate surface area is 151 Å². The Kier molecular flexibility index (Phi) is 7.41. The van der Waals surface area contributed by atoms with Gasteiger partial charge < -0.3 is 19.6 Å². The average Bonchev–Trinajstić information content (AvgIpc) is 2.61. The van der Waals surface area contributed by atoms with E-state index in [1.165, 1.54) is 54.7 Å². The Morgan fingerprint density at radius 1 is 0.926 bits per heavy atom. The third-order valence-electron chi connectivity index (χ3n) is 2.94. The minimum Gasteiger partial charge on any atom is -0.435 e. The number of amides is 1. The number of nitrogens with one attached hydrogen (secondary N) is 1. The quantitative estimate of drug-likeness (QED) is 0.404. The minimum atomic E-state index is -2.93. The van der Waals surface area contributed by atoms with Gasteiger partial charge in [-0.05, 0) is 54.1 Å². The van der Waals surface area contributed by atoms with Crippen LogP contribution in [0.1, 0.15) is 5.56 Å². The van der Waals surface area contributed by atoms with Crippen LogP contribution in [-0.4, -0.2) is 32.0 Å². The fourth-order valence-electron chi connectivity index (χ4n) is 1.85. The highest BCUT2D eigenvalue weighted by molar-refractivity contribution is 5.91. The number of halogens is 4. The van der Waals surface area contributed by atoms with Crippen LogP contribution in [0.15, 0.2) is 53.7 Å². The number of hydrogen-bond donors (Lipinski definition) is 1. The van der Waals surface area contributed by atoms with Crippen molar-refractivity contribution in [2.24, 2.45) is 5.16 Å². The maximum atomic E-state index is 12.0. The zero-order valence-corrected chi connectivity index (χ0v) is 13.7. The lowest BCUT2D eigenvalue weighted by atomic mass is 10.2. The molecule has 0 heterocycles. The van der Waals surface area contributed by atoms with E-state index in [1.54, 1.807) is 0 Å². The lowest BCUT2D eigenvalue weighted by Crippen LogP contribution is -2.16. The molecule has 2 rings (SSSR count). The molecule has 1 N–H and O–H groups in total. The van der Waals surface area contributed by atoms with Crippen LogP contribution in [0.25, 0.3) is 0 Å². The van der Waals surface area contributed by atoms with E-state index in [2.05, 4.69) is 19.9 Å². The van der Waals surface area contributed by atoms with Gasteiger partial charge in [0.2, 0.25) is 0 Å². The van der Waals surface area contributed by atoms with E-state index < -0.39 is 25.7 Å². The third kappa shape index (κ3) is 7.63. The summed E-state index contributed by atoms with van der Waals surface area (Å²) in [6, 6.07) is 11.0. The first-order chi connectivity index (χ1) is 12.9. The molecule has 0 atom stereocenters. The molecule has 27 heavy (non-hydrogen) atoms. The fourth-order valence-corrected chi connectivity index (χ4v) is 1.85. The Balaban J connectivity index is 1.74. The van der Waals surface area contributed by atoms with E-state index in [4.69, 9.17) is 4.84 Å². The molecule has 0 aliphatic heterocycles. The summed E-state index contributed by atoms with van der Waals surface area (Å²) < 4.78 is 56.5. The standard InChI is InChI=1S/C17H14F4N2O4/c18-16(19)26-13-5-1-11(2-6-13)9-22-25-10-15(24)23-12-3-7-14(8-4-12)27-17(20)21/h1-9,16-17H,10H2,(H,23,24)/b22-9-. The second-order valence-corrected chi connectivity index (χ2v) is 4.91. The molecule has 6 nitrogen and oxygen atoms in total. The van der Waals surface area contributed by atoms with Gasteiger partial charge in [0.1, 0.15) is 11.5 Å². The molecule has 0 spiro atoms. The number of hydrogen-bond acceptors (Lipinski definition) is 5. The molecule has 1 amide bonds. The van der Waals surface area contributed by atoms with Crippen LogP contribution in [-0.2, 0) is 9.63 Å². The number of benzene rings is 2. The monoisotopic (exact) mass is 386 g/mol. The molecule has 0 saturated heterocycles. The van der Waals surface area contributed by atoms with Gasteiger partial charge in [-0.3, -0.25) is 4.79 Å². The van der Waals surface area contributed by atoms with E-state index in [-0.39, 0.29) is 11.5 Å². The number of anilines is 1. The summed E-state index contributed by atoms with van der Waals surface area (Å²) in [5.41, 5.74) is 0.912. The summed E-state index contributed by atoms with van der Waals surface area (Å²) in [7, 11) is 0. The summed E-state index contributed by atoms with van der Waals surface area (Å²) in [4.78, 5) is 16.5. The second kappa shape index (κ2) is 10.00. The molecular formula is C17H14F4N2O4. The topological polar surface area (TPSA) is 69.2 Å². The predicted octanol–water partition coefficient (Wildman–Crippen LogP) is 3.88. The van der Waals surface area contributed by atoms with Gasteiger partial charge in [-0.2, -0.15) is 17.6 Å². The second-order valence-electron chi connectivity index (χ2n) is 4.91. The van der Waals surface area contributed by atoms with Crippen molar-refractivity contribution < 1.29 is 36.7 Å². The molecule has 2 aromatic carbocycles. The Bertz CT molecular complexity index is 753. The maximum Gasteiger partial charge on any atom is 0.387 e. The maximum absolute atomic E-state index is 12.0. The predicted molar refractivity (Wildman–Crippen MR) is 88.3 cm³/mol. The van der Waals surface area contributed by atoms with E-state index in [0.717, 1.165) is 0 Å². The highest BCUT2D eigenvalue weighted by Gasteiger charge is 2.06. The van der Waals surface area contributed by atoms with Crippen molar-refractivity contribution in [3.63, 3.8) is 0 Å². The molecule has 0 unspecified atom stereocenters. The summed E-state index contributed by atoms with van der Waals surface area (Å²) in [5, 5.41) is 6.06. The largest absolute Gasteiger partial charge is 0.435 e. The number of oxime groups is 1. The van der Waals surface area contributed by atoms with Crippen LogP contribution >= 0.6 is 0 Å². The smallest absolute Gasteiger partial charge is 0.387 e. The van der Waals surface area contributed by atoms with Crippen LogP contribution in [0.3, 0.4) is 0 Å². The van der Waals surface area contributed by atoms with Crippen molar-refractivity contribution in [1.82, 2.24) is 0 Å². The highest BCUT2D eigenvalue weighted by Crippen LogP contribution is 2.17. The SMILES string of the molecule is O=C(CO/N=C\c1ccc(OC(F)F)cc1)Nc1ccc(OC(F)F)cc1. The summed E-state index contributed by atoms with van der Waals surface area (Å²) in [6.07, 6.45) is 1.29. The lowest BCUT2D eigenvalue weighted by molar-refractivity contribution is -0.120. The number of alkyl halides is 4. The van der Waals surface area contributed by atoms with Crippen LogP contribution in [0.2, 0.25) is 0 Å². The van der Waals surface area contributed by atoms with Crippen LogP contribution in [0.5, 0.6) is 11.5 Å². The van der Waals surface area contributed by atoms with E-state index in [1.807, 2.05) is 0 Å². The lowest BCUT2D eigenvalue weighted by Gasteiger charge is -2.07. The molecule has 2 aromatic rings. The zero-order chi connectivity index (χ0) is 19.6. The van der Waals surface area contributed by atoms with Crippen molar-refractivity contribution in [2.75, 3.05) is 11.9 Å². The Morgan fingerprint density at radius 3 is 1.96 bits per heavy atom. The molecule has 0 radical (unpaired) electrons. The number of carbonyl (C=O) groups excluding carboxylic acids is 1. The number of ether oxygens (including phenoxy) is 2. The average molecular weight is 386 g/mol. The fraction of sp³-hybridized carbons (Fsp3) is 0.176. The normalized spacial score (nSPS) is 11.0. The Morgan fingerprint density at radius 2 is 1.44 bits per heavy atom. The summed E-state index contributed by atoms with van der Waals surface area (Å²) in [6.45, 7) is -6.22. The molecule has 0 aromatic heterocycles. The third-order valence-corrected chi connectivity index (χ3v) is 2.94. The van der Waals surface area contributed by atoms with Gasteiger partial charge >= 0.3 is 13.2 Å². The van der Waals surface area contributed by atoms with Crippen molar-refractivity contribution in [3.05, 3.63) is 54.1 Å². The van der Waals surface area contributed by atoms with E-state index >= 15 is 0 Å². The number of nitrogens with zero attached hydrogens (tertiary/aromatic N) is 1. The van der Waals surface area contributed by atoms with Crippen molar-refractivity contribution >= 4 is 17.8 Å². The molecule has 144 valence electrons. The minimum absolute atomic E-state index is 0.00687. The van der Waals surface area contributed by atoms with Gasteiger partial charge in [0.05, 0.1) is 6.21 Å². The number of carbonyl (C=O) groups is 1. The summed E-state index contributed by atoms with van der Waals surface area (Å²) >= 11 is 0. The number of rotatable bonds is 9. The van der Waals surface area contributed by atoms with Crippen molar-refractivity contribution in [3.8, 4) is 11.5 Å². The molecule has 0 aliphatic rings. The van der Waals surface area contributed by atoms with Gasteiger partial charge in [0.15, 0.2) is 6.61 Å².